The summed E-state index contributed by atoms with van der Waals surface area (Å²) in [6, 6.07) is 8.79. The van der Waals surface area contributed by atoms with Gasteiger partial charge in [-0.05, 0) is 36.2 Å². The topological polar surface area (TPSA) is 86.7 Å². The van der Waals surface area contributed by atoms with E-state index in [2.05, 4.69) is 5.32 Å². The highest BCUT2D eigenvalue weighted by Crippen LogP contribution is 2.27. The van der Waals surface area contributed by atoms with Gasteiger partial charge in [-0.1, -0.05) is 12.1 Å². The largest absolute Gasteiger partial charge is 0.478 e. The van der Waals surface area contributed by atoms with Gasteiger partial charge in [0.05, 0.1) is 5.56 Å². The van der Waals surface area contributed by atoms with Crippen LogP contribution in [0.25, 0.3) is 0 Å². The number of rotatable bonds is 5. The van der Waals surface area contributed by atoms with Gasteiger partial charge in [-0.3, -0.25) is 9.59 Å². The molecule has 1 aliphatic rings. The number of carboxylic acids is 1. The zero-order valence-corrected chi connectivity index (χ0v) is 14.1. The molecule has 0 aromatic heterocycles. The Morgan fingerprint density at radius 3 is 2.33 bits per heavy atom. The zero-order chi connectivity index (χ0) is 19.6. The second-order valence-corrected chi connectivity index (χ2v) is 6.18. The monoisotopic (exact) mass is 374 g/mol. The minimum Gasteiger partial charge on any atom is -0.478 e. The molecule has 3 rings (SSSR count). The summed E-state index contributed by atoms with van der Waals surface area (Å²) in [7, 11) is 0. The van der Waals surface area contributed by atoms with E-state index in [9.17, 15) is 23.2 Å². The highest BCUT2D eigenvalue weighted by Gasteiger charge is 2.37. The normalized spacial score (nSPS) is 16.4. The Hall–Kier alpha value is -3.29. The third kappa shape index (κ3) is 4.11. The minimum atomic E-state index is -1.05. The predicted octanol–water partition coefficient (Wildman–Crippen LogP) is 2.33. The smallest absolute Gasteiger partial charge is 0.335 e. The van der Waals surface area contributed by atoms with E-state index in [4.69, 9.17) is 5.11 Å². The summed E-state index contributed by atoms with van der Waals surface area (Å²) in [5, 5.41) is 11.5. The lowest BCUT2D eigenvalue weighted by Gasteiger charge is -2.17. The van der Waals surface area contributed by atoms with Crippen molar-refractivity contribution in [3.8, 4) is 0 Å². The van der Waals surface area contributed by atoms with E-state index >= 15 is 0 Å². The highest BCUT2D eigenvalue weighted by molar-refractivity contribution is 6.09. The Labute approximate surface area is 153 Å². The molecule has 1 atom stereocenters. The second-order valence-electron chi connectivity index (χ2n) is 6.18. The molecule has 2 N–H and O–H groups in total. The Morgan fingerprint density at radius 2 is 1.74 bits per heavy atom. The predicted molar refractivity (Wildman–Crippen MR) is 92.1 cm³/mol. The molecule has 0 aliphatic carbocycles. The van der Waals surface area contributed by atoms with Crippen LogP contribution in [0.3, 0.4) is 0 Å². The van der Waals surface area contributed by atoms with Gasteiger partial charge in [-0.15, -0.1) is 0 Å². The Bertz CT molecular complexity index is 879. The molecule has 8 heteroatoms. The van der Waals surface area contributed by atoms with E-state index in [1.165, 1.54) is 17.0 Å². The number of carbonyl (C=O) groups is 3. The number of aromatic carboxylic acids is 1. The molecule has 0 bridgehead atoms. The van der Waals surface area contributed by atoms with Gasteiger partial charge in [0.2, 0.25) is 11.8 Å². The first kappa shape index (κ1) is 18.5. The maximum absolute atomic E-state index is 13.4. The number of hydrogen-bond donors (Lipinski definition) is 2. The average molecular weight is 374 g/mol. The number of halogens is 2. The van der Waals surface area contributed by atoms with Crippen LogP contribution in [-0.4, -0.2) is 29.4 Å². The van der Waals surface area contributed by atoms with Gasteiger partial charge in [0.15, 0.2) is 0 Å². The Kier molecular flexibility index (Phi) is 5.16. The fraction of sp³-hybridized carbons (Fsp3) is 0.211. The quantitative estimate of drug-likeness (QED) is 0.787. The molecular weight excluding hydrogens is 358 g/mol. The zero-order valence-electron chi connectivity index (χ0n) is 14.1. The van der Waals surface area contributed by atoms with E-state index in [0.29, 0.717) is 11.6 Å². The van der Waals surface area contributed by atoms with Gasteiger partial charge in [0.25, 0.3) is 0 Å². The summed E-state index contributed by atoms with van der Waals surface area (Å²) in [6.45, 7) is 0.324. The van der Waals surface area contributed by atoms with Crippen molar-refractivity contribution in [1.82, 2.24) is 5.32 Å². The summed E-state index contributed by atoms with van der Waals surface area (Å²) in [4.78, 5) is 36.8. The lowest BCUT2D eigenvalue weighted by atomic mass is 10.1. The molecule has 0 saturated carbocycles. The van der Waals surface area contributed by atoms with Crippen molar-refractivity contribution < 1.29 is 28.3 Å². The van der Waals surface area contributed by atoms with Crippen LogP contribution in [-0.2, 0) is 16.1 Å². The molecule has 1 heterocycles. The van der Waals surface area contributed by atoms with Crippen LogP contribution in [0.15, 0.2) is 42.5 Å². The van der Waals surface area contributed by atoms with Crippen molar-refractivity contribution in [1.29, 1.82) is 0 Å². The first-order valence-corrected chi connectivity index (χ1v) is 8.22. The summed E-state index contributed by atoms with van der Waals surface area (Å²) in [5.41, 5.74) is 0.897. The fourth-order valence-electron chi connectivity index (χ4n) is 2.95. The minimum absolute atomic E-state index is 0.0806. The molecule has 1 fully saturated rings. The molecule has 0 spiro atoms. The SMILES string of the molecule is O=C(O)c1ccc(CNC(=O)[C@H]2CCN(c3cc(F)cc(F)c3)C2=O)cc1. The van der Waals surface area contributed by atoms with Crippen molar-refractivity contribution >= 4 is 23.5 Å². The summed E-state index contributed by atoms with van der Waals surface area (Å²) >= 11 is 0. The van der Waals surface area contributed by atoms with Crippen LogP contribution in [0, 0.1) is 17.6 Å². The molecule has 2 aromatic carbocycles. The molecule has 0 unspecified atom stereocenters. The van der Waals surface area contributed by atoms with Gasteiger partial charge in [0, 0.05) is 24.8 Å². The summed E-state index contributed by atoms with van der Waals surface area (Å²) in [5.74, 6) is -4.57. The third-order valence-electron chi connectivity index (χ3n) is 4.35. The third-order valence-corrected chi connectivity index (χ3v) is 4.35. The lowest BCUT2D eigenvalue weighted by Crippen LogP contribution is -2.36. The number of carboxylic acid groups (broad SMARTS) is 1. The maximum Gasteiger partial charge on any atom is 0.335 e. The van der Waals surface area contributed by atoms with Crippen LogP contribution >= 0.6 is 0 Å². The molecule has 6 nitrogen and oxygen atoms in total. The summed E-state index contributed by atoms with van der Waals surface area (Å²) < 4.78 is 26.7. The Balaban J connectivity index is 1.62. The Morgan fingerprint density at radius 1 is 1.11 bits per heavy atom. The number of benzene rings is 2. The van der Waals surface area contributed by atoms with E-state index in [0.717, 1.165) is 12.1 Å². The lowest BCUT2D eigenvalue weighted by molar-refractivity contribution is -0.132. The van der Waals surface area contributed by atoms with Gasteiger partial charge < -0.3 is 15.3 Å². The van der Waals surface area contributed by atoms with E-state index in [1.807, 2.05) is 0 Å². The second kappa shape index (κ2) is 7.53. The number of nitrogens with one attached hydrogen (secondary N) is 1. The maximum atomic E-state index is 13.4. The number of amides is 2. The molecule has 1 saturated heterocycles. The van der Waals surface area contributed by atoms with Crippen molar-refractivity contribution in [2.75, 3.05) is 11.4 Å². The van der Waals surface area contributed by atoms with Gasteiger partial charge in [0.1, 0.15) is 17.6 Å². The van der Waals surface area contributed by atoms with Crippen LogP contribution in [0.1, 0.15) is 22.3 Å². The van der Waals surface area contributed by atoms with E-state index in [1.54, 1.807) is 12.1 Å². The van der Waals surface area contributed by atoms with Crippen LogP contribution in [0.2, 0.25) is 0 Å². The van der Waals surface area contributed by atoms with Crippen LogP contribution < -0.4 is 10.2 Å². The molecular formula is C19H16F2N2O4. The van der Waals surface area contributed by atoms with Gasteiger partial charge >= 0.3 is 5.97 Å². The van der Waals surface area contributed by atoms with Crippen molar-refractivity contribution in [3.63, 3.8) is 0 Å². The first-order valence-electron chi connectivity index (χ1n) is 8.22. The number of hydrogen-bond acceptors (Lipinski definition) is 3. The van der Waals surface area contributed by atoms with Crippen LogP contribution in [0.5, 0.6) is 0 Å². The molecule has 1 aliphatic heterocycles. The number of carbonyl (C=O) groups excluding carboxylic acids is 2. The molecule has 2 aromatic rings. The summed E-state index contributed by atoms with van der Waals surface area (Å²) in [6.07, 6.45) is 0.237. The number of nitrogens with zero attached hydrogens (tertiary/aromatic N) is 1. The van der Waals surface area contributed by atoms with Gasteiger partial charge in [-0.2, -0.15) is 0 Å². The average Bonchev–Trinajstić information content (AvgIpc) is 3.00. The van der Waals surface area contributed by atoms with Gasteiger partial charge in [-0.25, -0.2) is 13.6 Å². The molecule has 0 radical (unpaired) electrons. The van der Waals surface area contributed by atoms with Crippen LogP contribution in [0.4, 0.5) is 14.5 Å². The fourth-order valence-corrected chi connectivity index (χ4v) is 2.95. The standard InChI is InChI=1S/C19H16F2N2O4/c20-13-7-14(21)9-15(8-13)23-6-5-16(18(23)25)17(24)22-10-11-1-3-12(4-2-11)19(26)27/h1-4,7-9,16H,5-6,10H2,(H,22,24)(H,26,27)/t16-/m1/s1. The van der Waals surface area contributed by atoms with Crippen molar-refractivity contribution in [2.24, 2.45) is 5.92 Å². The highest BCUT2D eigenvalue weighted by atomic mass is 19.1. The first-order chi connectivity index (χ1) is 12.8. The molecule has 27 heavy (non-hydrogen) atoms. The number of anilines is 1. The van der Waals surface area contributed by atoms with Crippen molar-refractivity contribution in [3.05, 3.63) is 65.2 Å². The van der Waals surface area contributed by atoms with E-state index < -0.39 is 35.3 Å². The van der Waals surface area contributed by atoms with Crippen molar-refractivity contribution in [2.45, 2.75) is 13.0 Å². The molecule has 140 valence electrons. The molecule has 2 amide bonds. The van der Waals surface area contributed by atoms with E-state index in [-0.39, 0.29) is 30.8 Å².